The first-order chi connectivity index (χ1) is 11.2. The van der Waals surface area contributed by atoms with Gasteiger partial charge in [0.2, 0.25) is 0 Å². The molecule has 6 heteroatoms. The fourth-order valence-electron chi connectivity index (χ4n) is 2.21. The van der Waals surface area contributed by atoms with E-state index >= 15 is 0 Å². The first kappa shape index (κ1) is 14.5. The van der Waals surface area contributed by atoms with E-state index in [0.717, 1.165) is 11.1 Å². The van der Waals surface area contributed by atoms with Crippen LogP contribution in [0.1, 0.15) is 21.5 Å². The minimum absolute atomic E-state index is 0.245. The minimum Gasteiger partial charge on any atom is -0.478 e. The molecule has 0 amide bonds. The molecule has 3 rings (SSSR count). The molecule has 0 unspecified atom stereocenters. The minimum atomic E-state index is -0.955. The summed E-state index contributed by atoms with van der Waals surface area (Å²) in [6, 6.07) is 15.9. The van der Waals surface area contributed by atoms with E-state index in [9.17, 15) is 4.79 Å². The maximum Gasteiger partial charge on any atom is 0.335 e. The highest BCUT2D eigenvalue weighted by atomic mass is 16.4. The average Bonchev–Trinajstić information content (AvgIpc) is 3.03. The summed E-state index contributed by atoms with van der Waals surface area (Å²) < 4.78 is 1.65. The molecule has 0 spiro atoms. The van der Waals surface area contributed by atoms with Crippen molar-refractivity contribution < 1.29 is 9.90 Å². The van der Waals surface area contributed by atoms with Crippen molar-refractivity contribution in [3.05, 3.63) is 71.4 Å². The first-order valence-electron chi connectivity index (χ1n) is 6.88. The van der Waals surface area contributed by atoms with Crippen molar-refractivity contribution in [1.82, 2.24) is 15.0 Å². The van der Waals surface area contributed by atoms with Gasteiger partial charge in [0.15, 0.2) is 0 Å². The van der Waals surface area contributed by atoms with E-state index in [0.29, 0.717) is 17.8 Å². The molecule has 6 nitrogen and oxygen atoms in total. The van der Waals surface area contributed by atoms with Crippen LogP contribution in [0, 0.1) is 11.3 Å². The zero-order valence-electron chi connectivity index (χ0n) is 12.0. The van der Waals surface area contributed by atoms with Crippen LogP contribution in [-0.4, -0.2) is 26.1 Å². The Balaban J connectivity index is 1.80. The largest absolute Gasteiger partial charge is 0.478 e. The third-order valence-corrected chi connectivity index (χ3v) is 3.37. The number of aromatic carboxylic acids is 1. The normalized spacial score (nSPS) is 10.2. The van der Waals surface area contributed by atoms with Gasteiger partial charge in [-0.15, -0.1) is 5.10 Å². The van der Waals surface area contributed by atoms with E-state index < -0.39 is 5.97 Å². The van der Waals surface area contributed by atoms with Crippen LogP contribution in [-0.2, 0) is 6.54 Å². The molecular weight excluding hydrogens is 292 g/mol. The molecule has 0 atom stereocenters. The molecule has 1 N–H and O–H groups in total. The van der Waals surface area contributed by atoms with Gasteiger partial charge in [-0.1, -0.05) is 29.5 Å². The Kier molecular flexibility index (Phi) is 3.85. The molecule has 0 bridgehead atoms. The van der Waals surface area contributed by atoms with Crippen LogP contribution in [0.3, 0.4) is 0 Å². The van der Waals surface area contributed by atoms with E-state index in [1.54, 1.807) is 41.2 Å². The summed E-state index contributed by atoms with van der Waals surface area (Å²) in [4.78, 5) is 11.0. The van der Waals surface area contributed by atoms with Crippen LogP contribution in [0.25, 0.3) is 11.3 Å². The number of hydrogen-bond donors (Lipinski definition) is 1. The van der Waals surface area contributed by atoms with Crippen molar-refractivity contribution in [2.24, 2.45) is 0 Å². The standard InChI is InChI=1S/C17H12N4O2/c18-9-12-4-6-14(7-5-12)16-11-21(20-19-16)10-13-2-1-3-15(8-13)17(22)23/h1-8,11H,10H2,(H,22,23). The number of carbonyl (C=O) groups is 1. The number of carboxylic acid groups (broad SMARTS) is 1. The molecule has 1 heterocycles. The van der Waals surface area contributed by atoms with Crippen LogP contribution >= 0.6 is 0 Å². The number of rotatable bonds is 4. The molecule has 0 saturated heterocycles. The second-order valence-electron chi connectivity index (χ2n) is 5.00. The Labute approximate surface area is 132 Å². The van der Waals surface area contributed by atoms with E-state index in [-0.39, 0.29) is 5.56 Å². The summed E-state index contributed by atoms with van der Waals surface area (Å²) in [5.74, 6) is -0.955. The Morgan fingerprint density at radius 2 is 2.00 bits per heavy atom. The maximum atomic E-state index is 11.0. The lowest BCUT2D eigenvalue weighted by atomic mass is 10.1. The fourth-order valence-corrected chi connectivity index (χ4v) is 2.21. The van der Waals surface area contributed by atoms with E-state index in [4.69, 9.17) is 10.4 Å². The van der Waals surface area contributed by atoms with Crippen LogP contribution < -0.4 is 0 Å². The van der Waals surface area contributed by atoms with Gasteiger partial charge in [-0.25, -0.2) is 9.48 Å². The van der Waals surface area contributed by atoms with Crippen molar-refractivity contribution in [2.75, 3.05) is 0 Å². The third-order valence-electron chi connectivity index (χ3n) is 3.37. The quantitative estimate of drug-likeness (QED) is 0.799. The highest BCUT2D eigenvalue weighted by Gasteiger charge is 2.07. The lowest BCUT2D eigenvalue weighted by molar-refractivity contribution is 0.0696. The van der Waals surface area contributed by atoms with Crippen molar-refractivity contribution in [2.45, 2.75) is 6.54 Å². The highest BCUT2D eigenvalue weighted by Crippen LogP contribution is 2.17. The topological polar surface area (TPSA) is 91.8 Å². The second-order valence-corrected chi connectivity index (χ2v) is 5.00. The molecule has 0 radical (unpaired) electrons. The summed E-state index contributed by atoms with van der Waals surface area (Å²) in [5.41, 5.74) is 3.24. The van der Waals surface area contributed by atoms with Gasteiger partial charge in [0.05, 0.1) is 29.9 Å². The fraction of sp³-hybridized carbons (Fsp3) is 0.0588. The van der Waals surface area contributed by atoms with E-state index in [1.807, 2.05) is 18.2 Å². The summed E-state index contributed by atoms with van der Waals surface area (Å²) in [7, 11) is 0. The second kappa shape index (κ2) is 6.12. The number of nitrogens with zero attached hydrogens (tertiary/aromatic N) is 4. The third kappa shape index (κ3) is 3.24. The van der Waals surface area contributed by atoms with Crippen LogP contribution in [0.5, 0.6) is 0 Å². The predicted octanol–water partition coefficient (Wildman–Crippen LogP) is 2.56. The molecule has 3 aromatic rings. The number of aromatic nitrogens is 3. The summed E-state index contributed by atoms with van der Waals surface area (Å²) in [6.45, 7) is 0.435. The average molecular weight is 304 g/mol. The molecule has 0 saturated carbocycles. The van der Waals surface area contributed by atoms with Crippen LogP contribution in [0.4, 0.5) is 0 Å². The van der Waals surface area contributed by atoms with Crippen LogP contribution in [0.2, 0.25) is 0 Å². The Morgan fingerprint density at radius 3 is 2.70 bits per heavy atom. The predicted molar refractivity (Wildman–Crippen MR) is 82.7 cm³/mol. The van der Waals surface area contributed by atoms with Gasteiger partial charge in [0, 0.05) is 5.56 Å². The lowest BCUT2D eigenvalue weighted by Gasteiger charge is -2.02. The number of nitriles is 1. The zero-order chi connectivity index (χ0) is 16.2. The molecule has 23 heavy (non-hydrogen) atoms. The van der Waals surface area contributed by atoms with Gasteiger partial charge in [0.1, 0.15) is 5.69 Å². The smallest absolute Gasteiger partial charge is 0.335 e. The van der Waals surface area contributed by atoms with Crippen molar-refractivity contribution in [1.29, 1.82) is 5.26 Å². The number of hydrogen-bond acceptors (Lipinski definition) is 4. The molecule has 1 aromatic heterocycles. The Hall–Kier alpha value is -3.46. The summed E-state index contributed by atoms with van der Waals surface area (Å²) in [5, 5.41) is 26.0. The Morgan fingerprint density at radius 1 is 1.22 bits per heavy atom. The zero-order valence-corrected chi connectivity index (χ0v) is 12.0. The van der Waals surface area contributed by atoms with Gasteiger partial charge in [-0.05, 0) is 29.8 Å². The van der Waals surface area contributed by atoms with E-state index in [2.05, 4.69) is 16.4 Å². The van der Waals surface area contributed by atoms with Crippen LogP contribution in [0.15, 0.2) is 54.7 Å². The highest BCUT2D eigenvalue weighted by molar-refractivity contribution is 5.87. The van der Waals surface area contributed by atoms with Gasteiger partial charge in [0.25, 0.3) is 0 Å². The monoisotopic (exact) mass is 304 g/mol. The van der Waals surface area contributed by atoms with Gasteiger partial charge in [-0.2, -0.15) is 5.26 Å². The van der Waals surface area contributed by atoms with E-state index in [1.165, 1.54) is 0 Å². The molecule has 0 aliphatic carbocycles. The van der Waals surface area contributed by atoms with Gasteiger partial charge < -0.3 is 5.11 Å². The maximum absolute atomic E-state index is 11.0. The number of benzene rings is 2. The molecule has 0 aliphatic rings. The molecule has 0 fully saturated rings. The summed E-state index contributed by atoms with van der Waals surface area (Å²) in [6.07, 6.45) is 1.79. The first-order valence-corrected chi connectivity index (χ1v) is 6.88. The SMILES string of the molecule is N#Cc1ccc(-c2cn(Cc3cccc(C(=O)O)c3)nn2)cc1. The lowest BCUT2D eigenvalue weighted by Crippen LogP contribution is -2.03. The van der Waals surface area contributed by atoms with Crippen molar-refractivity contribution >= 4 is 5.97 Å². The number of carboxylic acids is 1. The molecule has 112 valence electrons. The van der Waals surface area contributed by atoms with Gasteiger partial charge in [-0.3, -0.25) is 0 Å². The van der Waals surface area contributed by atoms with Crippen molar-refractivity contribution in [3.8, 4) is 17.3 Å². The molecular formula is C17H12N4O2. The molecule has 2 aromatic carbocycles. The van der Waals surface area contributed by atoms with Crippen molar-refractivity contribution in [3.63, 3.8) is 0 Å². The Bertz CT molecular complexity index is 891. The van der Waals surface area contributed by atoms with Gasteiger partial charge >= 0.3 is 5.97 Å². The molecule has 0 aliphatic heterocycles. The summed E-state index contributed by atoms with van der Waals surface area (Å²) >= 11 is 0.